The van der Waals surface area contributed by atoms with Gasteiger partial charge in [-0.15, -0.1) is 0 Å². The smallest absolute Gasteiger partial charge is 0.325 e. The molecule has 0 spiro atoms. The number of amides is 2. The van der Waals surface area contributed by atoms with Crippen LogP contribution in [0.2, 0.25) is 0 Å². The number of carbonyl (C=O) groups is 1. The van der Waals surface area contributed by atoms with E-state index in [9.17, 15) is 9.90 Å². The topological polar surface area (TPSA) is 108 Å². The van der Waals surface area contributed by atoms with E-state index in [0.717, 1.165) is 13.1 Å². The number of nitrogens with zero attached hydrogens (tertiary/aromatic N) is 4. The van der Waals surface area contributed by atoms with E-state index in [1.807, 2.05) is 0 Å². The summed E-state index contributed by atoms with van der Waals surface area (Å²) in [7, 11) is 0. The zero-order valence-electron chi connectivity index (χ0n) is 13.6. The number of likely N-dealkylation sites (tertiary alicyclic amines) is 1. The third kappa shape index (κ3) is 4.56. The zero-order valence-corrected chi connectivity index (χ0v) is 13.6. The Balaban J connectivity index is 1.46. The molecular formula is C15H22N6O3. The van der Waals surface area contributed by atoms with Gasteiger partial charge in [-0.25, -0.2) is 4.79 Å². The summed E-state index contributed by atoms with van der Waals surface area (Å²) in [5.74, 6) is 0.962. The van der Waals surface area contributed by atoms with E-state index in [2.05, 4.69) is 25.8 Å². The predicted octanol–water partition coefficient (Wildman–Crippen LogP) is 1.28. The van der Waals surface area contributed by atoms with Crippen LogP contribution in [0.15, 0.2) is 23.0 Å². The van der Waals surface area contributed by atoms with Crippen LogP contribution < -0.4 is 10.6 Å². The molecular weight excluding hydrogens is 312 g/mol. The Kier molecular flexibility index (Phi) is 5.11. The lowest BCUT2D eigenvalue weighted by atomic mass is 10.3. The number of rotatable bonds is 6. The standard InChI is InChI=1S/C15H22N6O3/c1-11-6-14(19-24-11)18-15(23)17-12-7-16-21(8-12)10-13(22)9-20-4-2-3-5-20/h6-8,13,22H,2-5,9-10H2,1H3,(H2,17,18,19,23). The molecule has 130 valence electrons. The van der Waals surface area contributed by atoms with Crippen molar-refractivity contribution >= 4 is 17.5 Å². The summed E-state index contributed by atoms with van der Waals surface area (Å²) in [6.07, 6.45) is 5.13. The van der Waals surface area contributed by atoms with Crippen LogP contribution in [0, 0.1) is 6.92 Å². The molecule has 0 aromatic carbocycles. The molecule has 3 heterocycles. The Labute approximate surface area is 139 Å². The molecule has 0 bridgehead atoms. The van der Waals surface area contributed by atoms with E-state index in [4.69, 9.17) is 4.52 Å². The van der Waals surface area contributed by atoms with Gasteiger partial charge in [0.15, 0.2) is 5.82 Å². The molecule has 3 N–H and O–H groups in total. The van der Waals surface area contributed by atoms with Gasteiger partial charge in [0.2, 0.25) is 0 Å². The molecule has 1 unspecified atom stereocenters. The summed E-state index contributed by atoms with van der Waals surface area (Å²) in [5.41, 5.74) is 0.543. The van der Waals surface area contributed by atoms with Crippen molar-refractivity contribution in [1.82, 2.24) is 19.8 Å². The van der Waals surface area contributed by atoms with Crippen molar-refractivity contribution in [3.05, 3.63) is 24.2 Å². The minimum absolute atomic E-state index is 0.346. The zero-order chi connectivity index (χ0) is 16.9. The van der Waals surface area contributed by atoms with E-state index in [-0.39, 0.29) is 0 Å². The van der Waals surface area contributed by atoms with Crippen molar-refractivity contribution in [2.75, 3.05) is 30.3 Å². The van der Waals surface area contributed by atoms with Crippen molar-refractivity contribution in [3.63, 3.8) is 0 Å². The Morgan fingerprint density at radius 1 is 1.38 bits per heavy atom. The second-order valence-electron chi connectivity index (χ2n) is 6.01. The van der Waals surface area contributed by atoms with Crippen LogP contribution >= 0.6 is 0 Å². The maximum Gasteiger partial charge on any atom is 0.325 e. The van der Waals surface area contributed by atoms with Crippen molar-refractivity contribution in [3.8, 4) is 0 Å². The van der Waals surface area contributed by atoms with Gasteiger partial charge in [-0.05, 0) is 32.9 Å². The molecule has 1 aliphatic rings. The summed E-state index contributed by atoms with van der Waals surface area (Å²) in [5, 5.41) is 23.2. The quantitative estimate of drug-likeness (QED) is 0.734. The molecule has 2 aromatic rings. The molecule has 0 saturated carbocycles. The van der Waals surface area contributed by atoms with Crippen LogP contribution in [0.25, 0.3) is 0 Å². The monoisotopic (exact) mass is 334 g/mol. The molecule has 1 fully saturated rings. The van der Waals surface area contributed by atoms with Crippen LogP contribution in [-0.4, -0.2) is 56.7 Å². The molecule has 2 amide bonds. The fourth-order valence-corrected chi connectivity index (χ4v) is 2.77. The lowest BCUT2D eigenvalue weighted by Gasteiger charge is -2.19. The van der Waals surface area contributed by atoms with Gasteiger partial charge in [0.25, 0.3) is 0 Å². The Hall–Kier alpha value is -2.39. The third-order valence-electron chi connectivity index (χ3n) is 3.83. The SMILES string of the molecule is Cc1cc(NC(=O)Nc2cnn(CC(O)CN3CCCC3)c2)no1. The third-order valence-corrected chi connectivity index (χ3v) is 3.83. The lowest BCUT2D eigenvalue weighted by Crippen LogP contribution is -2.32. The Morgan fingerprint density at radius 3 is 2.88 bits per heavy atom. The number of urea groups is 1. The lowest BCUT2D eigenvalue weighted by molar-refractivity contribution is 0.106. The summed E-state index contributed by atoms with van der Waals surface area (Å²) in [4.78, 5) is 14.1. The molecule has 9 nitrogen and oxygen atoms in total. The van der Waals surface area contributed by atoms with Crippen molar-refractivity contribution in [1.29, 1.82) is 0 Å². The van der Waals surface area contributed by atoms with Gasteiger partial charge in [0.05, 0.1) is 24.5 Å². The minimum atomic E-state index is -0.484. The Morgan fingerprint density at radius 2 is 2.17 bits per heavy atom. The highest BCUT2D eigenvalue weighted by molar-refractivity contribution is 5.98. The average Bonchev–Trinajstić information content (AvgIpc) is 3.23. The average molecular weight is 334 g/mol. The highest BCUT2D eigenvalue weighted by Crippen LogP contribution is 2.11. The number of hydrogen-bond acceptors (Lipinski definition) is 6. The van der Waals surface area contributed by atoms with Gasteiger partial charge in [0.1, 0.15) is 5.76 Å². The molecule has 0 aliphatic carbocycles. The number of β-amino-alcohol motifs (C(OH)–C–C–N with tert-alkyl or cyclic N) is 1. The second kappa shape index (κ2) is 7.45. The second-order valence-corrected chi connectivity index (χ2v) is 6.01. The number of carbonyl (C=O) groups excluding carboxylic acids is 1. The van der Waals surface area contributed by atoms with Gasteiger partial charge >= 0.3 is 6.03 Å². The summed E-state index contributed by atoms with van der Waals surface area (Å²) >= 11 is 0. The first-order valence-electron chi connectivity index (χ1n) is 8.03. The molecule has 9 heteroatoms. The predicted molar refractivity (Wildman–Crippen MR) is 87.8 cm³/mol. The number of anilines is 2. The van der Waals surface area contributed by atoms with Gasteiger partial charge in [-0.1, -0.05) is 5.16 Å². The van der Waals surface area contributed by atoms with Gasteiger partial charge < -0.3 is 19.8 Å². The summed E-state index contributed by atoms with van der Waals surface area (Å²) < 4.78 is 6.50. The van der Waals surface area contributed by atoms with E-state index in [0.29, 0.717) is 30.4 Å². The van der Waals surface area contributed by atoms with Gasteiger partial charge in [-0.3, -0.25) is 10.00 Å². The summed E-state index contributed by atoms with van der Waals surface area (Å²) in [6, 6.07) is 1.19. The largest absolute Gasteiger partial charge is 0.390 e. The maximum atomic E-state index is 11.9. The molecule has 0 radical (unpaired) electrons. The number of hydrogen-bond donors (Lipinski definition) is 3. The fourth-order valence-electron chi connectivity index (χ4n) is 2.77. The number of aliphatic hydroxyl groups excluding tert-OH is 1. The van der Waals surface area contributed by atoms with Crippen LogP contribution in [0.3, 0.4) is 0 Å². The first-order chi connectivity index (χ1) is 11.6. The normalized spacial score (nSPS) is 16.2. The van der Waals surface area contributed by atoms with Crippen LogP contribution in [0.1, 0.15) is 18.6 Å². The fraction of sp³-hybridized carbons (Fsp3) is 0.533. The van der Waals surface area contributed by atoms with Gasteiger partial charge in [-0.2, -0.15) is 5.10 Å². The molecule has 1 atom stereocenters. The molecule has 24 heavy (non-hydrogen) atoms. The van der Waals surface area contributed by atoms with Crippen molar-refractivity contribution in [2.24, 2.45) is 0 Å². The van der Waals surface area contributed by atoms with E-state index in [1.165, 1.54) is 19.0 Å². The first-order valence-corrected chi connectivity index (χ1v) is 8.03. The Bertz CT molecular complexity index is 676. The summed E-state index contributed by atoms with van der Waals surface area (Å²) in [6.45, 7) is 4.87. The number of aryl methyl sites for hydroxylation is 1. The molecule has 3 rings (SSSR count). The molecule has 1 aliphatic heterocycles. The van der Waals surface area contributed by atoms with Gasteiger partial charge in [0, 0.05) is 18.8 Å². The van der Waals surface area contributed by atoms with Crippen LogP contribution in [0.5, 0.6) is 0 Å². The highest BCUT2D eigenvalue weighted by atomic mass is 16.5. The van der Waals surface area contributed by atoms with Crippen LogP contribution in [0.4, 0.5) is 16.3 Å². The maximum absolute atomic E-state index is 11.9. The van der Waals surface area contributed by atoms with Crippen molar-refractivity contribution in [2.45, 2.75) is 32.4 Å². The minimum Gasteiger partial charge on any atom is -0.390 e. The van der Waals surface area contributed by atoms with E-state index >= 15 is 0 Å². The number of aromatic nitrogens is 3. The van der Waals surface area contributed by atoms with E-state index < -0.39 is 12.1 Å². The molecule has 2 aromatic heterocycles. The van der Waals surface area contributed by atoms with Crippen LogP contribution in [-0.2, 0) is 6.54 Å². The molecule has 1 saturated heterocycles. The van der Waals surface area contributed by atoms with E-state index in [1.54, 1.807) is 23.9 Å². The number of nitrogens with one attached hydrogen (secondary N) is 2. The van der Waals surface area contributed by atoms with Crippen molar-refractivity contribution < 1.29 is 14.4 Å². The number of aliphatic hydroxyl groups is 1. The first kappa shape index (κ1) is 16.5. The highest BCUT2D eigenvalue weighted by Gasteiger charge is 2.16.